The van der Waals surface area contributed by atoms with Gasteiger partial charge in [0, 0.05) is 12.8 Å². The van der Waals surface area contributed by atoms with Crippen molar-refractivity contribution in [2.75, 3.05) is 47.5 Å². The van der Waals surface area contributed by atoms with Crippen LogP contribution in [0.1, 0.15) is 296 Å². The van der Waals surface area contributed by atoms with Crippen molar-refractivity contribution < 1.29 is 42.9 Å². The van der Waals surface area contributed by atoms with Crippen LogP contribution in [-0.4, -0.2) is 87.4 Å². The second-order valence-corrected chi connectivity index (χ2v) is 24.1. The molecule has 83 heavy (non-hydrogen) atoms. The molecule has 2 atom stereocenters. The van der Waals surface area contributed by atoms with Crippen LogP contribution in [0.4, 0.5) is 0 Å². The van der Waals surface area contributed by atoms with Crippen LogP contribution in [-0.2, 0) is 33.3 Å². The van der Waals surface area contributed by atoms with Gasteiger partial charge >= 0.3 is 17.9 Å². The minimum atomic E-state index is -1.52. The second kappa shape index (κ2) is 64.2. The molecule has 0 saturated carbocycles. The lowest BCUT2D eigenvalue weighted by molar-refractivity contribution is -0.870. The molecule has 0 bridgehead atoms. The quantitative estimate of drug-likeness (QED) is 0.0211. The smallest absolute Gasteiger partial charge is 0.361 e. The maximum absolute atomic E-state index is 12.9. The third-order valence-electron chi connectivity index (χ3n) is 14.8. The minimum absolute atomic E-state index is 0.181. The zero-order chi connectivity index (χ0) is 60.5. The van der Waals surface area contributed by atoms with Crippen molar-refractivity contribution in [1.82, 2.24) is 0 Å². The number of hydrogen-bond donors (Lipinski definition) is 1. The molecule has 2 unspecified atom stereocenters. The Labute approximate surface area is 512 Å². The molecule has 478 valence electrons. The van der Waals surface area contributed by atoms with Crippen molar-refractivity contribution in [2.24, 2.45) is 0 Å². The predicted molar refractivity (Wildman–Crippen MR) is 355 cm³/mol. The number of carboxylic acid groups (broad SMARTS) is 1. The Morgan fingerprint density at radius 2 is 0.687 bits per heavy atom. The van der Waals surface area contributed by atoms with Crippen molar-refractivity contribution in [1.29, 1.82) is 0 Å². The van der Waals surface area contributed by atoms with E-state index in [-0.39, 0.29) is 32.2 Å². The number of hydrogen-bond acceptors (Lipinski definition) is 7. The van der Waals surface area contributed by atoms with Gasteiger partial charge in [-0.25, -0.2) is 4.79 Å². The number of likely N-dealkylation sites (N-methyl/N-ethyl adjacent to an activating group) is 1. The van der Waals surface area contributed by atoms with Crippen LogP contribution in [0.5, 0.6) is 0 Å². The van der Waals surface area contributed by atoms with Crippen LogP contribution in [0.2, 0.25) is 0 Å². The van der Waals surface area contributed by atoms with Gasteiger partial charge in [-0.2, -0.15) is 0 Å². The SMILES string of the molecule is CC/C=C\C/C=C\C/C=C\C/C=C\C/C=C\C/C=C\CCCCCCCCC(=O)OC(COC(=O)CCCCCCCCCCCCCCCCCCCCCCC/C=C\C/C=C\CCCCCCC)COC(OCC[N+](C)(C)C)C(=O)O. The zero-order valence-corrected chi connectivity index (χ0v) is 54.6. The highest BCUT2D eigenvalue weighted by molar-refractivity contribution is 5.71. The lowest BCUT2D eigenvalue weighted by atomic mass is 10.0. The molecule has 0 aromatic carbocycles. The lowest BCUT2D eigenvalue weighted by Crippen LogP contribution is -2.40. The molecule has 0 fully saturated rings. The molecule has 0 heterocycles. The van der Waals surface area contributed by atoms with Crippen LogP contribution in [0, 0.1) is 0 Å². The maximum atomic E-state index is 12.9. The molecule has 0 radical (unpaired) electrons. The van der Waals surface area contributed by atoms with Gasteiger partial charge in [-0.05, 0) is 96.3 Å². The van der Waals surface area contributed by atoms with E-state index in [4.69, 9.17) is 18.9 Å². The molecule has 0 aromatic heterocycles. The number of allylic oxidation sites excluding steroid dienone is 16. The number of carbonyl (C=O) groups excluding carboxylic acids is 2. The molecule has 0 spiro atoms. The summed E-state index contributed by atoms with van der Waals surface area (Å²) in [6, 6.07) is 0. The summed E-state index contributed by atoms with van der Waals surface area (Å²) in [4.78, 5) is 37.6. The first-order chi connectivity index (χ1) is 40.6. The van der Waals surface area contributed by atoms with Gasteiger partial charge < -0.3 is 28.5 Å². The zero-order valence-electron chi connectivity index (χ0n) is 54.6. The Balaban J connectivity index is 4.12. The third kappa shape index (κ3) is 65.6. The summed E-state index contributed by atoms with van der Waals surface area (Å²) in [5.41, 5.74) is 0. The number of unbranched alkanes of at least 4 members (excludes halogenated alkanes) is 32. The number of carboxylic acids is 1. The monoisotopic (exact) mass is 1160 g/mol. The van der Waals surface area contributed by atoms with Crippen LogP contribution in [0.15, 0.2) is 97.2 Å². The van der Waals surface area contributed by atoms with Gasteiger partial charge in [0.25, 0.3) is 6.29 Å². The van der Waals surface area contributed by atoms with Crippen molar-refractivity contribution in [3.63, 3.8) is 0 Å². The molecule has 0 rings (SSSR count). The summed E-state index contributed by atoms with van der Waals surface area (Å²) >= 11 is 0. The summed E-state index contributed by atoms with van der Waals surface area (Å²) in [5.74, 6) is -2.02. The lowest BCUT2D eigenvalue weighted by Gasteiger charge is -2.25. The molecular weight excluding hydrogens is 1030 g/mol. The van der Waals surface area contributed by atoms with Crippen LogP contribution in [0.3, 0.4) is 0 Å². The van der Waals surface area contributed by atoms with Gasteiger partial charge in [-0.3, -0.25) is 9.59 Å². The van der Waals surface area contributed by atoms with E-state index >= 15 is 0 Å². The van der Waals surface area contributed by atoms with E-state index in [1.54, 1.807) is 0 Å². The van der Waals surface area contributed by atoms with Crippen molar-refractivity contribution in [3.05, 3.63) is 97.2 Å². The first kappa shape index (κ1) is 79.2. The largest absolute Gasteiger partial charge is 0.477 e. The number of esters is 2. The van der Waals surface area contributed by atoms with Crippen molar-refractivity contribution in [3.8, 4) is 0 Å². The molecule has 0 amide bonds. The van der Waals surface area contributed by atoms with E-state index in [9.17, 15) is 19.5 Å². The third-order valence-corrected chi connectivity index (χ3v) is 14.8. The average Bonchev–Trinajstić information content (AvgIpc) is 3.46. The number of rotatable bonds is 63. The van der Waals surface area contributed by atoms with Gasteiger partial charge in [0.2, 0.25) is 0 Å². The molecule has 9 heteroatoms. The summed E-state index contributed by atoms with van der Waals surface area (Å²) in [5, 5.41) is 9.74. The van der Waals surface area contributed by atoms with Crippen molar-refractivity contribution in [2.45, 2.75) is 309 Å². The first-order valence-corrected chi connectivity index (χ1v) is 34.4. The summed E-state index contributed by atoms with van der Waals surface area (Å²) in [6.07, 6.45) is 85.2. The van der Waals surface area contributed by atoms with Gasteiger partial charge in [0.15, 0.2) is 6.10 Å². The summed E-state index contributed by atoms with van der Waals surface area (Å²) < 4.78 is 23.0. The van der Waals surface area contributed by atoms with Crippen LogP contribution in [0.25, 0.3) is 0 Å². The Hall–Kier alpha value is -3.79. The van der Waals surface area contributed by atoms with Crippen molar-refractivity contribution >= 4 is 17.9 Å². The fourth-order valence-electron chi connectivity index (χ4n) is 9.58. The van der Waals surface area contributed by atoms with Gasteiger partial charge in [0.05, 0.1) is 34.4 Å². The molecule has 0 aliphatic carbocycles. The number of carbonyl (C=O) groups is 3. The molecule has 0 aliphatic heterocycles. The number of quaternary nitrogens is 1. The number of aliphatic carboxylic acids is 1. The Bertz CT molecular complexity index is 1680. The van der Waals surface area contributed by atoms with Gasteiger partial charge in [0.1, 0.15) is 13.2 Å². The van der Waals surface area contributed by atoms with E-state index < -0.39 is 24.3 Å². The topological polar surface area (TPSA) is 108 Å². The summed E-state index contributed by atoms with van der Waals surface area (Å²) in [7, 11) is 5.97. The highest BCUT2D eigenvalue weighted by Crippen LogP contribution is 2.17. The standard InChI is InChI=1S/C74H129NO8/c1-6-8-10-12-14-16-18-20-22-24-26-28-30-32-33-34-35-36-37-38-39-41-42-44-46-48-50-52-54-56-58-60-62-64-71(76)81-68-70(69-82-74(73(78)79)80-67-66-75(3,4)5)83-72(77)65-63-61-59-57-55-53-51-49-47-45-43-40-31-29-27-25-23-21-19-17-15-13-11-9-7-2/h9,11,15,17-18,20-21,23-24,26-27,29,40,43,47,49,70,74H,6-8,10,12-14,16,19,22,25,28,30-39,41-42,44-46,48,50-69H2,1-5H3/p+1/b11-9-,17-15-,20-18-,23-21-,26-24-,29-27-,43-40-,49-47-. The minimum Gasteiger partial charge on any atom is -0.477 e. The van der Waals surface area contributed by atoms with Crippen LogP contribution >= 0.6 is 0 Å². The van der Waals surface area contributed by atoms with Crippen LogP contribution < -0.4 is 0 Å². The molecule has 1 N–H and O–H groups in total. The maximum Gasteiger partial charge on any atom is 0.361 e. The molecule has 9 nitrogen and oxygen atoms in total. The Kier molecular flexibility index (Phi) is 61.3. The highest BCUT2D eigenvalue weighted by atomic mass is 16.7. The van der Waals surface area contributed by atoms with Gasteiger partial charge in [-0.1, -0.05) is 284 Å². The molecule has 0 saturated heterocycles. The van der Waals surface area contributed by atoms with E-state index in [0.29, 0.717) is 23.9 Å². The second-order valence-electron chi connectivity index (χ2n) is 24.1. The first-order valence-electron chi connectivity index (χ1n) is 34.4. The average molecular weight is 1160 g/mol. The normalized spacial score (nSPS) is 13.3. The fraction of sp³-hybridized carbons (Fsp3) is 0.743. The predicted octanol–water partition coefficient (Wildman–Crippen LogP) is 21.2. The molecule has 0 aromatic rings. The Morgan fingerprint density at radius 1 is 0.373 bits per heavy atom. The molecular formula is C74H130NO8+. The highest BCUT2D eigenvalue weighted by Gasteiger charge is 2.25. The number of ether oxygens (including phenoxy) is 4. The number of nitrogens with zero attached hydrogens (tertiary/aromatic N) is 1. The summed E-state index contributed by atoms with van der Waals surface area (Å²) in [6.45, 7) is 4.76. The Morgan fingerprint density at radius 3 is 1.02 bits per heavy atom. The van der Waals surface area contributed by atoms with E-state index in [2.05, 4.69) is 111 Å². The van der Waals surface area contributed by atoms with E-state index in [0.717, 1.165) is 103 Å². The van der Waals surface area contributed by atoms with E-state index in [1.807, 2.05) is 21.1 Å². The molecule has 0 aliphatic rings. The van der Waals surface area contributed by atoms with E-state index in [1.165, 1.54) is 161 Å². The fourth-order valence-corrected chi connectivity index (χ4v) is 9.58. The van der Waals surface area contributed by atoms with Gasteiger partial charge in [-0.15, -0.1) is 0 Å².